The van der Waals surface area contributed by atoms with Crippen LogP contribution in [-0.2, 0) is 0 Å². The molecule has 0 saturated carbocycles. The summed E-state index contributed by atoms with van der Waals surface area (Å²) in [6.07, 6.45) is 19.8. The van der Waals surface area contributed by atoms with Gasteiger partial charge in [0.05, 0.1) is 0 Å². The van der Waals surface area contributed by atoms with Crippen LogP contribution in [0.25, 0.3) is 0 Å². The van der Waals surface area contributed by atoms with Crippen molar-refractivity contribution in [2.75, 3.05) is 0 Å². The maximum atomic E-state index is 5.83. The first-order valence-electron chi connectivity index (χ1n) is 8.55. The first-order chi connectivity index (χ1) is 9.27. The number of hydrogen-bond acceptors (Lipinski definition) is 0. The second-order valence-corrected chi connectivity index (χ2v) is 11.0. The van der Waals surface area contributed by atoms with E-state index in [1.165, 1.54) is 89.9 Å². The van der Waals surface area contributed by atoms with Crippen LogP contribution < -0.4 is 0 Å². The van der Waals surface area contributed by atoms with Crippen molar-refractivity contribution in [1.82, 2.24) is 0 Å². The monoisotopic (exact) mass is 324 g/mol. The van der Waals surface area contributed by atoms with Gasteiger partial charge in [0.25, 0.3) is 0 Å². The fourth-order valence-electron chi connectivity index (χ4n) is 2.49. The van der Waals surface area contributed by atoms with Gasteiger partial charge < -0.3 is 0 Å². The van der Waals surface area contributed by atoms with E-state index in [0.29, 0.717) is 0 Å². The second-order valence-electron chi connectivity index (χ2n) is 5.78. The van der Waals surface area contributed by atoms with E-state index in [1.807, 2.05) is 0 Å². The molecule has 0 aliphatic rings. The molecule has 0 rings (SSSR count). The average Bonchev–Trinajstić information content (AvgIpc) is 2.39. The first kappa shape index (κ1) is 19.8. The van der Waals surface area contributed by atoms with E-state index in [9.17, 15) is 0 Å². The molecule has 0 N–H and O–H groups in total. The van der Waals surface area contributed by atoms with E-state index < -0.39 is 7.42 Å². The van der Waals surface area contributed by atoms with Gasteiger partial charge in [0.15, 0.2) is 0 Å². The molecule has 116 valence electrons. The van der Waals surface area contributed by atoms with E-state index in [2.05, 4.69) is 6.92 Å². The maximum absolute atomic E-state index is 5.83. The van der Waals surface area contributed by atoms with Gasteiger partial charge in [0, 0.05) is 0 Å². The van der Waals surface area contributed by atoms with Crippen LogP contribution in [-0.4, -0.2) is 7.42 Å². The van der Waals surface area contributed by atoms with Gasteiger partial charge in [-0.1, -0.05) is 96.8 Å². The number of unbranched alkanes of at least 4 members (excludes halogenated alkanes) is 13. The average molecular weight is 325 g/mol. The third kappa shape index (κ3) is 18.8. The standard InChI is InChI=1S/C16H34Cl2Si/c1-2-3-4-5-6-7-8-9-10-11-12-13-14-15-16-19(17)18/h19H,2-16H2,1H3. The Labute approximate surface area is 132 Å². The molecule has 0 aromatic carbocycles. The lowest BCUT2D eigenvalue weighted by Gasteiger charge is -2.03. The lowest BCUT2D eigenvalue weighted by atomic mass is 10.0. The van der Waals surface area contributed by atoms with Gasteiger partial charge in [-0.2, -0.15) is 22.2 Å². The Morgan fingerprint density at radius 1 is 0.526 bits per heavy atom. The van der Waals surface area contributed by atoms with Gasteiger partial charge in [0.2, 0.25) is 7.42 Å². The molecule has 0 fully saturated rings. The quantitative estimate of drug-likeness (QED) is 0.170. The molecule has 0 aliphatic carbocycles. The summed E-state index contributed by atoms with van der Waals surface area (Å²) in [5.74, 6) is 0. The molecular formula is C16H34Cl2Si. The van der Waals surface area contributed by atoms with E-state index in [0.717, 1.165) is 6.04 Å². The highest BCUT2D eigenvalue weighted by molar-refractivity contribution is 7.33. The molecule has 0 aromatic heterocycles. The smallest absolute Gasteiger partial charge is 0.150 e. The van der Waals surface area contributed by atoms with E-state index in [1.54, 1.807) is 0 Å². The molecule has 0 bridgehead atoms. The van der Waals surface area contributed by atoms with Crippen LogP contribution in [0.4, 0.5) is 0 Å². The SMILES string of the molecule is CCCCCCCCCCCCCCCC[SiH](Cl)Cl. The Balaban J connectivity index is 2.91. The Morgan fingerprint density at radius 2 is 0.842 bits per heavy atom. The van der Waals surface area contributed by atoms with Crippen LogP contribution in [0.5, 0.6) is 0 Å². The van der Waals surface area contributed by atoms with Gasteiger partial charge in [-0.3, -0.25) is 0 Å². The second kappa shape index (κ2) is 16.9. The zero-order valence-electron chi connectivity index (χ0n) is 12.9. The molecule has 0 heterocycles. The lowest BCUT2D eigenvalue weighted by molar-refractivity contribution is 0.538. The highest BCUT2D eigenvalue weighted by Gasteiger charge is 2.00. The maximum Gasteiger partial charge on any atom is 0.237 e. The Kier molecular flexibility index (Phi) is 17.6. The summed E-state index contributed by atoms with van der Waals surface area (Å²) in [5, 5.41) is 0. The molecule has 0 nitrogen and oxygen atoms in total. The van der Waals surface area contributed by atoms with Gasteiger partial charge in [-0.15, -0.1) is 0 Å². The predicted molar refractivity (Wildman–Crippen MR) is 94.0 cm³/mol. The molecule has 0 spiro atoms. The minimum Gasteiger partial charge on any atom is -0.150 e. The van der Waals surface area contributed by atoms with Gasteiger partial charge in [-0.05, 0) is 6.04 Å². The minimum absolute atomic E-state index is 1.10. The molecule has 0 atom stereocenters. The van der Waals surface area contributed by atoms with Gasteiger partial charge in [-0.25, -0.2) is 0 Å². The summed E-state index contributed by atoms with van der Waals surface area (Å²) in [4.78, 5) is 0. The van der Waals surface area contributed by atoms with Gasteiger partial charge >= 0.3 is 0 Å². The third-order valence-electron chi connectivity index (χ3n) is 3.78. The van der Waals surface area contributed by atoms with Crippen molar-refractivity contribution < 1.29 is 0 Å². The van der Waals surface area contributed by atoms with E-state index >= 15 is 0 Å². The molecule has 0 aliphatic heterocycles. The van der Waals surface area contributed by atoms with Crippen molar-refractivity contribution >= 4 is 29.6 Å². The summed E-state index contributed by atoms with van der Waals surface area (Å²) >= 11 is 11.7. The number of rotatable bonds is 15. The van der Waals surface area contributed by atoms with Crippen molar-refractivity contribution in [2.24, 2.45) is 0 Å². The van der Waals surface area contributed by atoms with Crippen molar-refractivity contribution in [3.8, 4) is 0 Å². The lowest BCUT2D eigenvalue weighted by Crippen LogP contribution is -1.91. The van der Waals surface area contributed by atoms with Crippen LogP contribution in [0, 0.1) is 0 Å². The largest absolute Gasteiger partial charge is 0.237 e. The third-order valence-corrected chi connectivity index (χ3v) is 5.93. The van der Waals surface area contributed by atoms with Crippen molar-refractivity contribution in [2.45, 2.75) is 103 Å². The Hall–Kier alpha value is 0.797. The minimum atomic E-state index is -1.32. The van der Waals surface area contributed by atoms with Crippen LogP contribution in [0.15, 0.2) is 0 Å². The summed E-state index contributed by atoms with van der Waals surface area (Å²) < 4.78 is 0. The van der Waals surface area contributed by atoms with E-state index in [-0.39, 0.29) is 0 Å². The zero-order valence-corrected chi connectivity index (χ0v) is 15.6. The molecule has 0 unspecified atom stereocenters. The molecule has 19 heavy (non-hydrogen) atoms. The summed E-state index contributed by atoms with van der Waals surface area (Å²) in [6.45, 7) is 2.28. The van der Waals surface area contributed by atoms with Crippen LogP contribution in [0.1, 0.15) is 96.8 Å². The topological polar surface area (TPSA) is 0 Å². The van der Waals surface area contributed by atoms with Crippen molar-refractivity contribution in [1.29, 1.82) is 0 Å². The van der Waals surface area contributed by atoms with Crippen molar-refractivity contribution in [3.05, 3.63) is 0 Å². The van der Waals surface area contributed by atoms with Gasteiger partial charge in [0.1, 0.15) is 0 Å². The first-order valence-corrected chi connectivity index (χ1v) is 12.9. The molecule has 0 amide bonds. The fourth-order valence-corrected chi connectivity index (χ4v) is 4.02. The highest BCUT2D eigenvalue weighted by Crippen LogP contribution is 2.14. The summed E-state index contributed by atoms with van der Waals surface area (Å²) in [6, 6.07) is 1.10. The molecule has 0 aromatic rings. The fraction of sp³-hybridized carbons (Fsp3) is 1.00. The molecule has 0 radical (unpaired) electrons. The van der Waals surface area contributed by atoms with Crippen molar-refractivity contribution in [3.63, 3.8) is 0 Å². The zero-order chi connectivity index (χ0) is 14.2. The predicted octanol–water partition coefficient (Wildman–Crippen LogP) is 7.17. The Morgan fingerprint density at radius 3 is 1.16 bits per heavy atom. The number of hydrogen-bond donors (Lipinski definition) is 0. The number of halogens is 2. The van der Waals surface area contributed by atoms with Crippen LogP contribution >= 0.6 is 22.2 Å². The van der Waals surface area contributed by atoms with E-state index in [4.69, 9.17) is 22.2 Å². The molecule has 3 heteroatoms. The van der Waals surface area contributed by atoms with Crippen LogP contribution in [0.3, 0.4) is 0 Å². The molecular weight excluding hydrogens is 291 g/mol. The molecule has 0 saturated heterocycles. The summed E-state index contributed by atoms with van der Waals surface area (Å²) in [5.41, 5.74) is 0. The highest BCUT2D eigenvalue weighted by atomic mass is 35.7. The summed E-state index contributed by atoms with van der Waals surface area (Å²) in [7, 11) is -1.32. The van der Waals surface area contributed by atoms with Crippen LogP contribution in [0.2, 0.25) is 6.04 Å². The Bertz CT molecular complexity index is 163. The normalized spacial score (nSPS) is 11.4.